The summed E-state index contributed by atoms with van der Waals surface area (Å²) >= 11 is 1.48. The second-order valence-corrected chi connectivity index (χ2v) is 5.24. The van der Waals surface area contributed by atoms with Gasteiger partial charge < -0.3 is 10.1 Å². The molecule has 0 aliphatic rings. The highest BCUT2D eigenvalue weighted by atomic mass is 32.1. The van der Waals surface area contributed by atoms with E-state index in [1.807, 2.05) is 35.7 Å². The number of ether oxygens (including phenoxy) is 1. The lowest BCUT2D eigenvalue weighted by molar-refractivity contribution is 0.386. The Labute approximate surface area is 126 Å². The van der Waals surface area contributed by atoms with E-state index in [9.17, 15) is 4.39 Å². The molecule has 0 spiro atoms. The number of nitrogens with one attached hydrogen (secondary N) is 1. The van der Waals surface area contributed by atoms with E-state index < -0.39 is 0 Å². The maximum Gasteiger partial charge on any atom is 0.187 e. The molecule has 106 valence electrons. The van der Waals surface area contributed by atoms with Gasteiger partial charge in [0.1, 0.15) is 0 Å². The smallest absolute Gasteiger partial charge is 0.187 e. The van der Waals surface area contributed by atoms with E-state index in [0.717, 1.165) is 22.1 Å². The summed E-state index contributed by atoms with van der Waals surface area (Å²) in [7, 11) is 1.45. The Morgan fingerprint density at radius 3 is 2.67 bits per heavy atom. The van der Waals surface area contributed by atoms with Crippen LogP contribution >= 0.6 is 11.3 Å². The summed E-state index contributed by atoms with van der Waals surface area (Å²) in [6.07, 6.45) is 0. The van der Waals surface area contributed by atoms with Crippen LogP contribution in [0.15, 0.2) is 53.9 Å². The molecule has 1 N–H and O–H groups in total. The van der Waals surface area contributed by atoms with Gasteiger partial charge in [-0.2, -0.15) is 0 Å². The third-order valence-electron chi connectivity index (χ3n) is 2.98. The van der Waals surface area contributed by atoms with E-state index in [4.69, 9.17) is 4.74 Å². The van der Waals surface area contributed by atoms with Crippen molar-refractivity contribution in [3.05, 3.63) is 59.7 Å². The van der Waals surface area contributed by atoms with E-state index in [2.05, 4.69) is 10.3 Å². The number of halogens is 1. The van der Waals surface area contributed by atoms with Gasteiger partial charge in [-0.1, -0.05) is 18.2 Å². The normalized spacial score (nSPS) is 10.4. The lowest BCUT2D eigenvalue weighted by atomic mass is 10.1. The van der Waals surface area contributed by atoms with Crippen LogP contribution in [0.25, 0.3) is 11.3 Å². The Kier molecular flexibility index (Phi) is 3.83. The van der Waals surface area contributed by atoms with Crippen molar-refractivity contribution in [1.29, 1.82) is 0 Å². The zero-order chi connectivity index (χ0) is 14.7. The SMILES string of the molecule is COc1ccc(-c2csc(Nc3ccccc3)n2)cc1F. The lowest BCUT2D eigenvalue weighted by Crippen LogP contribution is -1.90. The summed E-state index contributed by atoms with van der Waals surface area (Å²) in [5.74, 6) is -0.155. The number of aromatic nitrogens is 1. The number of benzene rings is 2. The minimum absolute atomic E-state index is 0.233. The first-order chi connectivity index (χ1) is 10.3. The molecule has 0 radical (unpaired) electrons. The van der Waals surface area contributed by atoms with Crippen molar-refractivity contribution in [1.82, 2.24) is 4.98 Å². The summed E-state index contributed by atoms with van der Waals surface area (Å²) < 4.78 is 18.6. The largest absolute Gasteiger partial charge is 0.494 e. The molecule has 2 aromatic carbocycles. The van der Waals surface area contributed by atoms with Crippen LogP contribution in [0.3, 0.4) is 0 Å². The van der Waals surface area contributed by atoms with Crippen LogP contribution in [-0.2, 0) is 0 Å². The molecule has 21 heavy (non-hydrogen) atoms. The van der Waals surface area contributed by atoms with Gasteiger partial charge in [-0.15, -0.1) is 11.3 Å². The molecule has 0 bridgehead atoms. The van der Waals surface area contributed by atoms with E-state index in [1.165, 1.54) is 24.5 Å². The monoisotopic (exact) mass is 300 g/mol. The molecule has 0 unspecified atom stereocenters. The van der Waals surface area contributed by atoms with Gasteiger partial charge in [0, 0.05) is 16.6 Å². The van der Waals surface area contributed by atoms with Gasteiger partial charge >= 0.3 is 0 Å². The van der Waals surface area contributed by atoms with Crippen molar-refractivity contribution < 1.29 is 9.13 Å². The van der Waals surface area contributed by atoms with Crippen LogP contribution in [0.2, 0.25) is 0 Å². The van der Waals surface area contributed by atoms with E-state index in [-0.39, 0.29) is 11.6 Å². The quantitative estimate of drug-likeness (QED) is 0.758. The van der Waals surface area contributed by atoms with E-state index in [1.54, 1.807) is 12.1 Å². The van der Waals surface area contributed by atoms with Crippen molar-refractivity contribution in [3.63, 3.8) is 0 Å². The molecule has 0 aliphatic carbocycles. The molecule has 0 atom stereocenters. The van der Waals surface area contributed by atoms with Crippen LogP contribution in [0, 0.1) is 5.82 Å². The van der Waals surface area contributed by atoms with Crippen LogP contribution in [-0.4, -0.2) is 12.1 Å². The average molecular weight is 300 g/mol. The number of para-hydroxylation sites is 1. The van der Waals surface area contributed by atoms with Gasteiger partial charge in [0.15, 0.2) is 16.7 Å². The zero-order valence-electron chi connectivity index (χ0n) is 11.3. The van der Waals surface area contributed by atoms with Crippen LogP contribution < -0.4 is 10.1 Å². The first kappa shape index (κ1) is 13.6. The third-order valence-corrected chi connectivity index (χ3v) is 3.73. The number of rotatable bonds is 4. The molecule has 0 saturated carbocycles. The van der Waals surface area contributed by atoms with Crippen LogP contribution in [0.4, 0.5) is 15.2 Å². The first-order valence-corrected chi connectivity index (χ1v) is 7.26. The molecular weight excluding hydrogens is 287 g/mol. The summed E-state index contributed by atoms with van der Waals surface area (Å²) in [5.41, 5.74) is 2.44. The van der Waals surface area contributed by atoms with Crippen molar-refractivity contribution in [2.75, 3.05) is 12.4 Å². The lowest BCUT2D eigenvalue weighted by Gasteiger charge is -2.03. The van der Waals surface area contributed by atoms with Gasteiger partial charge in [-0.3, -0.25) is 0 Å². The maximum absolute atomic E-state index is 13.7. The molecule has 3 nitrogen and oxygen atoms in total. The predicted molar refractivity (Wildman–Crippen MR) is 83.8 cm³/mol. The van der Waals surface area contributed by atoms with Gasteiger partial charge in [0.05, 0.1) is 12.8 Å². The minimum atomic E-state index is -0.388. The first-order valence-electron chi connectivity index (χ1n) is 6.38. The van der Waals surface area contributed by atoms with Gasteiger partial charge in [0.2, 0.25) is 0 Å². The Morgan fingerprint density at radius 1 is 1.14 bits per heavy atom. The molecule has 0 saturated heterocycles. The average Bonchev–Trinajstić information content (AvgIpc) is 2.97. The Hall–Kier alpha value is -2.40. The minimum Gasteiger partial charge on any atom is -0.494 e. The molecule has 0 aliphatic heterocycles. The zero-order valence-corrected chi connectivity index (χ0v) is 12.2. The number of methoxy groups -OCH3 is 1. The summed E-state index contributed by atoms with van der Waals surface area (Å²) in [5, 5.41) is 5.89. The van der Waals surface area contributed by atoms with Crippen molar-refractivity contribution in [3.8, 4) is 17.0 Å². The van der Waals surface area contributed by atoms with Gasteiger partial charge in [-0.25, -0.2) is 9.37 Å². The number of thiazole rings is 1. The van der Waals surface area contributed by atoms with Crippen molar-refractivity contribution in [2.24, 2.45) is 0 Å². The highest BCUT2D eigenvalue weighted by Gasteiger charge is 2.08. The standard InChI is InChI=1S/C16H13FN2OS/c1-20-15-8-7-11(9-13(15)17)14-10-21-16(19-14)18-12-5-3-2-4-6-12/h2-10H,1H3,(H,18,19). The molecule has 3 rings (SSSR count). The third kappa shape index (κ3) is 3.03. The molecule has 3 aromatic rings. The predicted octanol–water partition coefficient (Wildman–Crippen LogP) is 4.70. The maximum atomic E-state index is 13.7. The van der Waals surface area contributed by atoms with E-state index >= 15 is 0 Å². The fourth-order valence-corrected chi connectivity index (χ4v) is 2.67. The van der Waals surface area contributed by atoms with Crippen LogP contribution in [0.5, 0.6) is 5.75 Å². The topological polar surface area (TPSA) is 34.1 Å². The van der Waals surface area contributed by atoms with Crippen molar-refractivity contribution >= 4 is 22.2 Å². The Balaban J connectivity index is 1.83. The summed E-state index contributed by atoms with van der Waals surface area (Å²) in [6, 6.07) is 14.6. The number of hydrogen-bond acceptors (Lipinski definition) is 4. The molecule has 5 heteroatoms. The second kappa shape index (κ2) is 5.93. The molecule has 0 amide bonds. The fraction of sp³-hybridized carbons (Fsp3) is 0.0625. The highest BCUT2D eigenvalue weighted by Crippen LogP contribution is 2.29. The number of nitrogens with zero attached hydrogens (tertiary/aromatic N) is 1. The summed E-state index contributed by atoms with van der Waals surface area (Å²) in [4.78, 5) is 4.47. The Bertz CT molecular complexity index is 743. The van der Waals surface area contributed by atoms with Gasteiger partial charge in [-0.05, 0) is 30.3 Å². The molecular formula is C16H13FN2OS. The molecule has 0 fully saturated rings. The van der Waals surface area contributed by atoms with Crippen LogP contribution in [0.1, 0.15) is 0 Å². The fourth-order valence-electron chi connectivity index (χ4n) is 1.93. The molecule has 1 heterocycles. The highest BCUT2D eigenvalue weighted by molar-refractivity contribution is 7.14. The summed E-state index contributed by atoms with van der Waals surface area (Å²) in [6.45, 7) is 0. The van der Waals surface area contributed by atoms with Gasteiger partial charge in [0.25, 0.3) is 0 Å². The Morgan fingerprint density at radius 2 is 1.95 bits per heavy atom. The van der Waals surface area contributed by atoms with Crippen molar-refractivity contribution in [2.45, 2.75) is 0 Å². The number of anilines is 2. The van der Waals surface area contributed by atoms with E-state index in [0.29, 0.717) is 0 Å². The number of hydrogen-bond donors (Lipinski definition) is 1. The molecule has 1 aromatic heterocycles. The second-order valence-electron chi connectivity index (χ2n) is 4.38.